The molecule has 3 heteroatoms. The molecule has 0 aromatic heterocycles. The van der Waals surface area contributed by atoms with Crippen molar-refractivity contribution in [1.29, 1.82) is 0 Å². The van der Waals surface area contributed by atoms with Gasteiger partial charge < -0.3 is 5.32 Å². The molecule has 0 spiro atoms. The Labute approximate surface area is 132 Å². The summed E-state index contributed by atoms with van der Waals surface area (Å²) in [6.45, 7) is 4.37. The molecule has 0 aliphatic heterocycles. The summed E-state index contributed by atoms with van der Waals surface area (Å²) in [6, 6.07) is 7.48. The van der Waals surface area contributed by atoms with E-state index in [1.165, 1.54) is 41.3 Å². The lowest BCUT2D eigenvalue weighted by Crippen LogP contribution is -2.38. The van der Waals surface area contributed by atoms with Crippen LogP contribution in [0.15, 0.2) is 22.7 Å². The summed E-state index contributed by atoms with van der Waals surface area (Å²) in [5, 5.41) is 3.20. The normalized spacial score (nSPS) is 23.2. The topological polar surface area (TPSA) is 15.3 Å². The minimum Gasteiger partial charge on any atom is -0.316 e. The van der Waals surface area contributed by atoms with E-state index in [2.05, 4.69) is 58.3 Å². The van der Waals surface area contributed by atoms with E-state index in [0.29, 0.717) is 0 Å². The Morgan fingerprint density at radius 3 is 2.70 bits per heavy atom. The van der Waals surface area contributed by atoms with E-state index in [9.17, 15) is 0 Å². The van der Waals surface area contributed by atoms with Crippen LogP contribution in [0.25, 0.3) is 0 Å². The number of rotatable bonds is 5. The highest BCUT2D eigenvalue weighted by Crippen LogP contribution is 2.29. The van der Waals surface area contributed by atoms with Gasteiger partial charge in [0.25, 0.3) is 0 Å². The molecule has 1 aromatic rings. The van der Waals surface area contributed by atoms with Crippen LogP contribution in [0.4, 0.5) is 0 Å². The molecule has 0 saturated heterocycles. The average Bonchev–Trinajstić information content (AvgIpc) is 2.42. The molecule has 2 nitrogen and oxygen atoms in total. The van der Waals surface area contributed by atoms with E-state index in [1.54, 1.807) is 0 Å². The molecular formula is C17H27BrN2. The maximum atomic E-state index is 3.73. The van der Waals surface area contributed by atoms with Crippen LogP contribution in [0.5, 0.6) is 0 Å². The second kappa shape index (κ2) is 7.58. The predicted octanol–water partition coefficient (Wildman–Crippen LogP) is 4.18. The highest BCUT2D eigenvalue weighted by molar-refractivity contribution is 9.10. The minimum atomic E-state index is 0.743. The largest absolute Gasteiger partial charge is 0.316 e. The van der Waals surface area contributed by atoms with Gasteiger partial charge in [0.05, 0.1) is 0 Å². The van der Waals surface area contributed by atoms with Crippen molar-refractivity contribution in [3.05, 3.63) is 33.8 Å². The number of hydrogen-bond acceptors (Lipinski definition) is 2. The Morgan fingerprint density at radius 2 is 2.05 bits per heavy atom. The van der Waals surface area contributed by atoms with Gasteiger partial charge >= 0.3 is 0 Å². The van der Waals surface area contributed by atoms with E-state index in [-0.39, 0.29) is 0 Å². The van der Waals surface area contributed by atoms with E-state index < -0.39 is 0 Å². The molecule has 0 radical (unpaired) electrons. The van der Waals surface area contributed by atoms with Crippen LogP contribution in [0.1, 0.15) is 43.7 Å². The zero-order chi connectivity index (χ0) is 14.5. The van der Waals surface area contributed by atoms with Crippen LogP contribution in [0.2, 0.25) is 0 Å². The Morgan fingerprint density at radius 1 is 1.30 bits per heavy atom. The first kappa shape index (κ1) is 16.0. The molecule has 0 heterocycles. The van der Waals surface area contributed by atoms with E-state index >= 15 is 0 Å². The maximum Gasteiger partial charge on any atom is 0.0244 e. The van der Waals surface area contributed by atoms with Gasteiger partial charge in [-0.2, -0.15) is 0 Å². The molecule has 0 bridgehead atoms. The van der Waals surface area contributed by atoms with Crippen LogP contribution in [0, 0.1) is 5.92 Å². The molecule has 1 aromatic carbocycles. The Balaban J connectivity index is 2.01. The molecule has 1 saturated carbocycles. The SMILES string of the molecule is CNCc1ccc(CN(C)C2CCCCC2C)c(Br)c1. The van der Waals surface area contributed by atoms with Gasteiger partial charge in [0.1, 0.15) is 0 Å². The summed E-state index contributed by atoms with van der Waals surface area (Å²) >= 11 is 3.73. The van der Waals surface area contributed by atoms with Crippen molar-refractivity contribution in [2.75, 3.05) is 14.1 Å². The van der Waals surface area contributed by atoms with Gasteiger partial charge in [0, 0.05) is 23.6 Å². The fourth-order valence-electron chi connectivity index (χ4n) is 3.37. The van der Waals surface area contributed by atoms with Gasteiger partial charge in [-0.05, 0) is 50.0 Å². The summed E-state index contributed by atoms with van der Waals surface area (Å²) in [7, 11) is 4.26. The summed E-state index contributed by atoms with van der Waals surface area (Å²) < 4.78 is 1.24. The highest BCUT2D eigenvalue weighted by atomic mass is 79.9. The lowest BCUT2D eigenvalue weighted by molar-refractivity contribution is 0.133. The molecule has 2 rings (SSSR count). The number of nitrogens with one attached hydrogen (secondary N) is 1. The fraction of sp³-hybridized carbons (Fsp3) is 0.647. The second-order valence-electron chi connectivity index (χ2n) is 6.20. The molecule has 0 amide bonds. The highest BCUT2D eigenvalue weighted by Gasteiger charge is 2.25. The molecule has 1 N–H and O–H groups in total. The molecule has 2 atom stereocenters. The first-order valence-electron chi connectivity index (χ1n) is 7.74. The molecule has 2 unspecified atom stereocenters. The van der Waals surface area contributed by atoms with Gasteiger partial charge in [0.2, 0.25) is 0 Å². The molecule has 1 aliphatic carbocycles. The second-order valence-corrected chi connectivity index (χ2v) is 7.05. The smallest absolute Gasteiger partial charge is 0.0244 e. The van der Waals surface area contributed by atoms with Crippen molar-refractivity contribution in [1.82, 2.24) is 10.2 Å². The fourth-order valence-corrected chi connectivity index (χ4v) is 3.92. The van der Waals surface area contributed by atoms with Crippen LogP contribution in [-0.4, -0.2) is 25.0 Å². The van der Waals surface area contributed by atoms with Crippen LogP contribution in [0.3, 0.4) is 0 Å². The first-order valence-corrected chi connectivity index (χ1v) is 8.53. The molecule has 1 fully saturated rings. The maximum absolute atomic E-state index is 3.73. The Kier molecular flexibility index (Phi) is 6.06. The quantitative estimate of drug-likeness (QED) is 0.866. The zero-order valence-corrected chi connectivity index (χ0v) is 14.5. The number of hydrogen-bond donors (Lipinski definition) is 1. The van der Waals surface area contributed by atoms with Crippen molar-refractivity contribution in [3.63, 3.8) is 0 Å². The lowest BCUT2D eigenvalue weighted by atomic mass is 9.85. The summed E-state index contributed by atoms with van der Waals surface area (Å²) in [6.07, 6.45) is 5.54. The number of nitrogens with zero attached hydrogens (tertiary/aromatic N) is 1. The van der Waals surface area contributed by atoms with E-state index in [0.717, 1.165) is 25.0 Å². The van der Waals surface area contributed by atoms with Crippen molar-refractivity contribution in [2.45, 2.75) is 51.7 Å². The third-order valence-electron chi connectivity index (χ3n) is 4.55. The van der Waals surface area contributed by atoms with Gasteiger partial charge in [-0.1, -0.05) is 47.8 Å². The molecule has 112 valence electrons. The van der Waals surface area contributed by atoms with Crippen molar-refractivity contribution in [2.24, 2.45) is 5.92 Å². The van der Waals surface area contributed by atoms with Gasteiger partial charge in [-0.3, -0.25) is 4.90 Å². The Bertz CT molecular complexity index is 433. The summed E-state index contributed by atoms with van der Waals surface area (Å²) in [5.74, 6) is 0.830. The van der Waals surface area contributed by atoms with Crippen molar-refractivity contribution >= 4 is 15.9 Å². The average molecular weight is 339 g/mol. The monoisotopic (exact) mass is 338 g/mol. The third-order valence-corrected chi connectivity index (χ3v) is 5.29. The van der Waals surface area contributed by atoms with E-state index in [1.807, 2.05) is 7.05 Å². The predicted molar refractivity (Wildman–Crippen MR) is 89.8 cm³/mol. The van der Waals surface area contributed by atoms with Crippen molar-refractivity contribution in [3.8, 4) is 0 Å². The standard InChI is InChI=1S/C17H27BrN2/c1-13-6-4-5-7-17(13)20(3)12-15-9-8-14(11-19-2)10-16(15)18/h8-10,13,17,19H,4-7,11-12H2,1-3H3. The first-order chi connectivity index (χ1) is 9.61. The summed E-state index contributed by atoms with van der Waals surface area (Å²) in [4.78, 5) is 2.54. The van der Waals surface area contributed by atoms with Crippen LogP contribution >= 0.6 is 15.9 Å². The number of benzene rings is 1. The van der Waals surface area contributed by atoms with Gasteiger partial charge in [-0.25, -0.2) is 0 Å². The van der Waals surface area contributed by atoms with Crippen molar-refractivity contribution < 1.29 is 0 Å². The molecule has 20 heavy (non-hydrogen) atoms. The zero-order valence-electron chi connectivity index (χ0n) is 13.0. The van der Waals surface area contributed by atoms with Gasteiger partial charge in [-0.15, -0.1) is 0 Å². The van der Waals surface area contributed by atoms with Crippen LogP contribution in [-0.2, 0) is 13.1 Å². The van der Waals surface area contributed by atoms with Crippen LogP contribution < -0.4 is 5.32 Å². The molecular weight excluding hydrogens is 312 g/mol. The van der Waals surface area contributed by atoms with E-state index in [4.69, 9.17) is 0 Å². The third kappa shape index (κ3) is 4.06. The minimum absolute atomic E-state index is 0.743. The van der Waals surface area contributed by atoms with Gasteiger partial charge in [0.15, 0.2) is 0 Å². The number of halogens is 1. The summed E-state index contributed by atoms with van der Waals surface area (Å²) in [5.41, 5.74) is 2.72. The lowest BCUT2D eigenvalue weighted by Gasteiger charge is -2.36. The molecule has 1 aliphatic rings. The Hall–Kier alpha value is -0.380.